The highest BCUT2D eigenvalue weighted by Crippen LogP contribution is 2.23. The van der Waals surface area contributed by atoms with Gasteiger partial charge in [0.2, 0.25) is 11.8 Å². The average Bonchev–Trinajstić information content (AvgIpc) is 2.73. The second kappa shape index (κ2) is 12.9. The molecule has 1 aromatic rings. The maximum absolute atomic E-state index is 12.4. The van der Waals surface area contributed by atoms with Crippen LogP contribution in [-0.4, -0.2) is 49.1 Å². The first kappa shape index (κ1) is 29.6. The number of esters is 1. The van der Waals surface area contributed by atoms with Crippen molar-refractivity contribution in [1.82, 2.24) is 10.6 Å². The van der Waals surface area contributed by atoms with Crippen LogP contribution >= 0.6 is 0 Å². The van der Waals surface area contributed by atoms with Gasteiger partial charge in [-0.3, -0.25) is 14.4 Å². The number of amides is 2. The van der Waals surface area contributed by atoms with E-state index in [1.165, 1.54) is 0 Å². The van der Waals surface area contributed by atoms with Crippen molar-refractivity contribution in [1.29, 1.82) is 0 Å². The topological polar surface area (TPSA) is 106 Å². The Morgan fingerprint density at radius 1 is 1.00 bits per heavy atom. The number of anilines is 1. The van der Waals surface area contributed by atoms with E-state index in [2.05, 4.69) is 16.0 Å². The molecule has 0 radical (unpaired) electrons. The van der Waals surface area contributed by atoms with E-state index in [9.17, 15) is 14.4 Å². The van der Waals surface area contributed by atoms with E-state index in [4.69, 9.17) is 9.47 Å². The first-order valence-corrected chi connectivity index (χ1v) is 11.8. The molecule has 0 atom stereocenters. The molecule has 0 fully saturated rings. The molecule has 0 bridgehead atoms. The number of hydrogen-bond acceptors (Lipinski definition) is 6. The number of benzene rings is 1. The average molecular weight is 478 g/mol. The molecule has 34 heavy (non-hydrogen) atoms. The normalized spacial score (nSPS) is 11.9. The quantitative estimate of drug-likeness (QED) is 0.375. The molecule has 3 N–H and O–H groups in total. The minimum atomic E-state index is -0.611. The third-order valence-electron chi connectivity index (χ3n) is 5.47. The van der Waals surface area contributed by atoms with Crippen LogP contribution in [0.2, 0.25) is 0 Å². The van der Waals surface area contributed by atoms with Gasteiger partial charge in [0.1, 0.15) is 6.61 Å². The predicted molar refractivity (Wildman–Crippen MR) is 135 cm³/mol. The Bertz CT molecular complexity index is 839. The fourth-order valence-corrected chi connectivity index (χ4v) is 3.12. The zero-order valence-corrected chi connectivity index (χ0v) is 22.3. The molecule has 8 nitrogen and oxygen atoms in total. The maximum atomic E-state index is 12.4. The Labute approximate surface area is 204 Å². The molecule has 1 rings (SSSR count). The van der Waals surface area contributed by atoms with Crippen LogP contribution in [0.5, 0.6) is 0 Å². The van der Waals surface area contributed by atoms with E-state index < -0.39 is 5.60 Å². The maximum Gasteiger partial charge on any atom is 0.308 e. The van der Waals surface area contributed by atoms with E-state index >= 15 is 0 Å². The van der Waals surface area contributed by atoms with E-state index in [-0.39, 0.29) is 55.2 Å². The van der Waals surface area contributed by atoms with Crippen LogP contribution in [0.15, 0.2) is 12.1 Å². The smallest absolute Gasteiger partial charge is 0.308 e. The van der Waals surface area contributed by atoms with Crippen molar-refractivity contribution < 1.29 is 23.9 Å². The number of rotatable bonds is 13. The third-order valence-corrected chi connectivity index (χ3v) is 5.47. The van der Waals surface area contributed by atoms with Crippen molar-refractivity contribution in [3.8, 4) is 0 Å². The number of hydrogen-bond donors (Lipinski definition) is 3. The highest BCUT2D eigenvalue weighted by atomic mass is 16.5. The Morgan fingerprint density at radius 2 is 1.59 bits per heavy atom. The Kier molecular flexibility index (Phi) is 11.2. The van der Waals surface area contributed by atoms with Gasteiger partial charge in [0, 0.05) is 24.2 Å². The molecule has 0 saturated heterocycles. The van der Waals surface area contributed by atoms with Gasteiger partial charge in [-0.2, -0.15) is 0 Å². The van der Waals surface area contributed by atoms with E-state index in [0.717, 1.165) is 22.4 Å². The second-order valence-electron chi connectivity index (χ2n) is 10.4. The summed E-state index contributed by atoms with van der Waals surface area (Å²) >= 11 is 0. The Balaban J connectivity index is 2.52. The summed E-state index contributed by atoms with van der Waals surface area (Å²) in [6.07, 6.45) is 0.363. The van der Waals surface area contributed by atoms with Crippen LogP contribution in [0.1, 0.15) is 71.1 Å². The summed E-state index contributed by atoms with van der Waals surface area (Å²) in [6, 6.07) is 3.80. The number of likely N-dealkylation sites (N-methyl/N-ethyl adjacent to an activating group) is 1. The molecule has 0 aliphatic rings. The summed E-state index contributed by atoms with van der Waals surface area (Å²) in [5, 5.41) is 8.89. The summed E-state index contributed by atoms with van der Waals surface area (Å²) in [4.78, 5) is 36.4. The van der Waals surface area contributed by atoms with Crippen molar-refractivity contribution in [3.63, 3.8) is 0 Å². The molecule has 1 aromatic carbocycles. The van der Waals surface area contributed by atoms with Crippen molar-refractivity contribution in [3.05, 3.63) is 28.8 Å². The van der Waals surface area contributed by atoms with Gasteiger partial charge >= 0.3 is 5.97 Å². The molecular formula is C26H43N3O5. The van der Waals surface area contributed by atoms with Gasteiger partial charge in [-0.05, 0) is 65.3 Å². The molecule has 192 valence electrons. The highest BCUT2D eigenvalue weighted by molar-refractivity contribution is 5.92. The molecule has 0 aromatic heterocycles. The summed E-state index contributed by atoms with van der Waals surface area (Å²) in [5.41, 5.74) is 2.58. The largest absolute Gasteiger partial charge is 0.461 e. The number of ether oxygens (including phenoxy) is 2. The minimum Gasteiger partial charge on any atom is -0.461 e. The zero-order chi connectivity index (χ0) is 26.1. The lowest BCUT2D eigenvalue weighted by molar-refractivity contribution is -0.148. The standard InChI is InChI=1S/C26H43N3O5/c1-17(2)24(32)33-15-20-12-18(3)23(19(4)13-20)29-21(30)10-11-28-22(31)14-26(7,8)34-16-25(5,6)27-9/h12-13,17,27H,10-11,14-16H2,1-9H3,(H,28,31)(H,29,30). The summed E-state index contributed by atoms with van der Waals surface area (Å²) in [7, 11) is 1.87. The van der Waals surface area contributed by atoms with Gasteiger partial charge in [-0.1, -0.05) is 26.0 Å². The van der Waals surface area contributed by atoms with Crippen molar-refractivity contribution in [2.45, 2.75) is 86.0 Å². The first-order chi connectivity index (χ1) is 15.7. The lowest BCUT2D eigenvalue weighted by atomic mass is 10.0. The van der Waals surface area contributed by atoms with Gasteiger partial charge in [0.05, 0.1) is 24.5 Å². The van der Waals surface area contributed by atoms with Crippen LogP contribution < -0.4 is 16.0 Å². The van der Waals surface area contributed by atoms with Crippen LogP contribution in [0.25, 0.3) is 0 Å². The van der Waals surface area contributed by atoms with E-state index in [0.29, 0.717) is 6.61 Å². The summed E-state index contributed by atoms with van der Waals surface area (Å²) < 4.78 is 11.2. The minimum absolute atomic E-state index is 0.159. The summed E-state index contributed by atoms with van der Waals surface area (Å²) in [5.74, 6) is -0.763. The molecule has 0 aliphatic carbocycles. The van der Waals surface area contributed by atoms with Gasteiger partial charge in [0.25, 0.3) is 0 Å². The number of carbonyl (C=O) groups excluding carboxylic acids is 3. The van der Waals surface area contributed by atoms with E-state index in [1.807, 2.05) is 60.7 Å². The fourth-order valence-electron chi connectivity index (χ4n) is 3.12. The molecule has 0 unspecified atom stereocenters. The zero-order valence-electron chi connectivity index (χ0n) is 22.3. The molecular weight excluding hydrogens is 434 g/mol. The fraction of sp³-hybridized carbons (Fsp3) is 0.654. The van der Waals surface area contributed by atoms with Crippen LogP contribution in [0, 0.1) is 19.8 Å². The predicted octanol–water partition coefficient (Wildman–Crippen LogP) is 3.63. The van der Waals surface area contributed by atoms with Crippen molar-refractivity contribution in [2.75, 3.05) is 25.5 Å². The lowest BCUT2D eigenvalue weighted by Crippen LogP contribution is -2.45. The van der Waals surface area contributed by atoms with Crippen molar-refractivity contribution >= 4 is 23.5 Å². The molecule has 8 heteroatoms. The van der Waals surface area contributed by atoms with Crippen LogP contribution in [0.4, 0.5) is 5.69 Å². The number of aryl methyl sites for hydroxylation is 2. The molecule has 0 heterocycles. The van der Waals surface area contributed by atoms with Gasteiger partial charge < -0.3 is 25.4 Å². The Morgan fingerprint density at radius 3 is 2.12 bits per heavy atom. The second-order valence-corrected chi connectivity index (χ2v) is 10.4. The van der Waals surface area contributed by atoms with Gasteiger partial charge in [0.15, 0.2) is 0 Å². The van der Waals surface area contributed by atoms with Crippen LogP contribution in [0.3, 0.4) is 0 Å². The molecule has 0 saturated carbocycles. The lowest BCUT2D eigenvalue weighted by Gasteiger charge is -2.31. The van der Waals surface area contributed by atoms with E-state index in [1.54, 1.807) is 13.8 Å². The Hall–Kier alpha value is -2.45. The first-order valence-electron chi connectivity index (χ1n) is 11.8. The highest BCUT2D eigenvalue weighted by Gasteiger charge is 2.26. The molecule has 0 aliphatic heterocycles. The molecule has 2 amide bonds. The SMILES string of the molecule is CNC(C)(C)COC(C)(C)CC(=O)NCCC(=O)Nc1c(C)cc(COC(=O)C(C)C)cc1C. The van der Waals surface area contributed by atoms with Gasteiger partial charge in [-0.25, -0.2) is 0 Å². The number of carbonyl (C=O) groups is 3. The van der Waals surface area contributed by atoms with Gasteiger partial charge in [-0.15, -0.1) is 0 Å². The van der Waals surface area contributed by atoms with Crippen molar-refractivity contribution in [2.24, 2.45) is 5.92 Å². The van der Waals surface area contributed by atoms with Crippen LogP contribution in [-0.2, 0) is 30.5 Å². The number of nitrogens with one attached hydrogen (secondary N) is 3. The monoisotopic (exact) mass is 477 g/mol. The third kappa shape index (κ3) is 10.7. The molecule has 0 spiro atoms. The summed E-state index contributed by atoms with van der Waals surface area (Å²) in [6.45, 7) is 16.1.